The number of carbonyl (C=O) groups is 1. The van der Waals surface area contributed by atoms with Gasteiger partial charge in [0.05, 0.1) is 0 Å². The van der Waals surface area contributed by atoms with Crippen LogP contribution in [0.4, 0.5) is 0 Å². The molecule has 0 rings (SSSR count). The van der Waals surface area contributed by atoms with Crippen molar-refractivity contribution < 1.29 is 9.90 Å². The summed E-state index contributed by atoms with van der Waals surface area (Å²) in [6, 6.07) is 0. The molecule has 0 unspecified atom stereocenters. The molecular weight excluding hydrogens is 296 g/mol. The van der Waals surface area contributed by atoms with Gasteiger partial charge in [0.25, 0.3) is 0 Å². The van der Waals surface area contributed by atoms with Crippen molar-refractivity contribution in [1.82, 2.24) is 0 Å². The zero-order chi connectivity index (χ0) is 17.7. The second kappa shape index (κ2) is 19.7. The molecule has 0 heterocycles. The molecule has 138 valence electrons. The highest BCUT2D eigenvalue weighted by Gasteiger charge is 1.90. The fraction of sp³-hybridized carbons (Fsp3) is 0.682. The average molecular weight is 335 g/mol. The van der Waals surface area contributed by atoms with Gasteiger partial charge in [0, 0.05) is 6.08 Å². The Morgan fingerprint density at radius 2 is 1.12 bits per heavy atom. The highest BCUT2D eigenvalue weighted by atomic mass is 16.4. The Hall–Kier alpha value is -1.31. The van der Waals surface area contributed by atoms with Crippen LogP contribution in [0.3, 0.4) is 0 Å². The summed E-state index contributed by atoms with van der Waals surface area (Å²) >= 11 is 0. The fourth-order valence-corrected chi connectivity index (χ4v) is 2.65. The first-order chi connectivity index (χ1) is 11.8. The van der Waals surface area contributed by atoms with Crippen LogP contribution in [0.25, 0.3) is 0 Å². The van der Waals surface area contributed by atoms with E-state index in [1.54, 1.807) is 6.08 Å². The van der Waals surface area contributed by atoms with E-state index in [0.717, 1.165) is 12.5 Å². The molecule has 0 aromatic heterocycles. The predicted octanol–water partition coefficient (Wildman–Crippen LogP) is 7.22. The molecule has 24 heavy (non-hydrogen) atoms. The van der Waals surface area contributed by atoms with E-state index >= 15 is 0 Å². The summed E-state index contributed by atoms with van der Waals surface area (Å²) in [7, 11) is 0. The Morgan fingerprint density at radius 3 is 1.62 bits per heavy atom. The van der Waals surface area contributed by atoms with Gasteiger partial charge in [-0.1, -0.05) is 88.7 Å². The SMILES string of the molecule is CCCCCCCC=CCCCCCCCCC=CC=CC(=O)O. The van der Waals surface area contributed by atoms with Gasteiger partial charge < -0.3 is 5.11 Å². The lowest BCUT2D eigenvalue weighted by Gasteiger charge is -1.99. The Kier molecular flexibility index (Phi) is 18.7. The van der Waals surface area contributed by atoms with Gasteiger partial charge in [0.2, 0.25) is 0 Å². The van der Waals surface area contributed by atoms with Gasteiger partial charge in [0.15, 0.2) is 0 Å². The van der Waals surface area contributed by atoms with Gasteiger partial charge >= 0.3 is 5.97 Å². The maximum atomic E-state index is 10.3. The number of carboxylic acid groups (broad SMARTS) is 1. The average Bonchev–Trinajstić information content (AvgIpc) is 2.56. The Bertz CT molecular complexity index is 353. The third kappa shape index (κ3) is 20.7. The first-order valence-electron chi connectivity index (χ1n) is 9.98. The molecule has 0 aliphatic heterocycles. The van der Waals surface area contributed by atoms with Crippen LogP contribution < -0.4 is 0 Å². The molecule has 0 radical (unpaired) electrons. The van der Waals surface area contributed by atoms with Gasteiger partial charge in [-0.15, -0.1) is 0 Å². The van der Waals surface area contributed by atoms with Crippen LogP contribution in [-0.4, -0.2) is 11.1 Å². The largest absolute Gasteiger partial charge is 0.478 e. The number of hydrogen-bond acceptors (Lipinski definition) is 1. The van der Waals surface area contributed by atoms with E-state index in [0.29, 0.717) is 0 Å². The van der Waals surface area contributed by atoms with Crippen molar-refractivity contribution in [3.63, 3.8) is 0 Å². The molecule has 0 aromatic rings. The van der Waals surface area contributed by atoms with Gasteiger partial charge in [-0.2, -0.15) is 0 Å². The maximum Gasteiger partial charge on any atom is 0.328 e. The zero-order valence-electron chi connectivity index (χ0n) is 15.7. The van der Waals surface area contributed by atoms with E-state index in [1.165, 1.54) is 83.5 Å². The van der Waals surface area contributed by atoms with Crippen molar-refractivity contribution in [3.8, 4) is 0 Å². The third-order valence-corrected chi connectivity index (χ3v) is 4.12. The van der Waals surface area contributed by atoms with Crippen LogP contribution in [-0.2, 0) is 4.79 Å². The molecular formula is C22H38O2. The van der Waals surface area contributed by atoms with E-state index in [2.05, 4.69) is 19.1 Å². The molecule has 0 saturated heterocycles. The molecule has 1 N–H and O–H groups in total. The van der Waals surface area contributed by atoms with Crippen molar-refractivity contribution in [2.45, 2.75) is 96.8 Å². The van der Waals surface area contributed by atoms with E-state index in [1.807, 2.05) is 12.2 Å². The quantitative estimate of drug-likeness (QED) is 0.132. The lowest BCUT2D eigenvalue weighted by Crippen LogP contribution is -1.84. The Balaban J connectivity index is 3.18. The number of allylic oxidation sites excluding steroid dienone is 5. The van der Waals surface area contributed by atoms with E-state index < -0.39 is 5.97 Å². The highest BCUT2D eigenvalue weighted by molar-refractivity contribution is 5.80. The first kappa shape index (κ1) is 22.7. The van der Waals surface area contributed by atoms with Crippen LogP contribution in [0.15, 0.2) is 36.5 Å². The smallest absolute Gasteiger partial charge is 0.328 e. The summed E-state index contributed by atoms with van der Waals surface area (Å²) in [4.78, 5) is 10.3. The summed E-state index contributed by atoms with van der Waals surface area (Å²) in [5.41, 5.74) is 0. The zero-order valence-corrected chi connectivity index (χ0v) is 15.7. The summed E-state index contributed by atoms with van der Waals surface area (Å²) in [5, 5.41) is 8.43. The molecule has 0 bridgehead atoms. The lowest BCUT2D eigenvalue weighted by molar-refractivity contribution is -0.131. The molecule has 0 fully saturated rings. The van der Waals surface area contributed by atoms with Crippen LogP contribution in [0.1, 0.15) is 96.8 Å². The van der Waals surface area contributed by atoms with Gasteiger partial charge in [-0.05, 0) is 38.5 Å². The van der Waals surface area contributed by atoms with Crippen molar-refractivity contribution in [1.29, 1.82) is 0 Å². The standard InChI is InChI=1S/C22H38O2/c1-2-3-4-5-6-7-8-9-10-11-12-13-14-15-16-17-18-19-20-21-22(23)24/h8-9,18-21H,2-7,10-17H2,1H3,(H,23,24). The normalized spacial score (nSPS) is 12.0. The van der Waals surface area contributed by atoms with E-state index in [9.17, 15) is 4.79 Å². The van der Waals surface area contributed by atoms with Crippen LogP contribution in [0, 0.1) is 0 Å². The Labute approximate surface area is 149 Å². The molecule has 0 aliphatic rings. The minimum atomic E-state index is -0.888. The Morgan fingerprint density at radius 1 is 0.667 bits per heavy atom. The monoisotopic (exact) mass is 334 g/mol. The van der Waals surface area contributed by atoms with Gasteiger partial charge in [-0.25, -0.2) is 4.79 Å². The number of carboxylic acids is 1. The van der Waals surface area contributed by atoms with Crippen molar-refractivity contribution in [2.75, 3.05) is 0 Å². The topological polar surface area (TPSA) is 37.3 Å². The minimum absolute atomic E-state index is 0.888. The van der Waals surface area contributed by atoms with Crippen LogP contribution in [0.5, 0.6) is 0 Å². The summed E-state index contributed by atoms with van der Waals surface area (Å²) in [6.45, 7) is 2.26. The molecule has 0 amide bonds. The molecule has 0 saturated carbocycles. The van der Waals surface area contributed by atoms with Gasteiger partial charge in [0.1, 0.15) is 0 Å². The number of unbranched alkanes of at least 4 members (excludes halogenated alkanes) is 12. The second-order valence-electron chi connectivity index (χ2n) is 6.50. The first-order valence-corrected chi connectivity index (χ1v) is 9.98. The van der Waals surface area contributed by atoms with Crippen LogP contribution >= 0.6 is 0 Å². The van der Waals surface area contributed by atoms with Crippen LogP contribution in [0.2, 0.25) is 0 Å². The minimum Gasteiger partial charge on any atom is -0.478 e. The predicted molar refractivity (Wildman–Crippen MR) is 105 cm³/mol. The fourth-order valence-electron chi connectivity index (χ4n) is 2.65. The third-order valence-electron chi connectivity index (χ3n) is 4.12. The summed E-state index contributed by atoms with van der Waals surface area (Å²) in [5.74, 6) is -0.888. The van der Waals surface area contributed by atoms with Crippen molar-refractivity contribution >= 4 is 5.97 Å². The molecule has 2 heteroatoms. The number of hydrogen-bond donors (Lipinski definition) is 1. The summed E-state index contributed by atoms with van der Waals surface area (Å²) < 4.78 is 0. The number of aliphatic carboxylic acids is 1. The van der Waals surface area contributed by atoms with Crippen molar-refractivity contribution in [2.24, 2.45) is 0 Å². The summed E-state index contributed by atoms with van der Waals surface area (Å²) in [6.07, 6.45) is 29.6. The van der Waals surface area contributed by atoms with E-state index in [-0.39, 0.29) is 0 Å². The molecule has 0 aromatic carbocycles. The van der Waals surface area contributed by atoms with Crippen molar-refractivity contribution in [3.05, 3.63) is 36.5 Å². The number of rotatable bonds is 17. The lowest BCUT2D eigenvalue weighted by atomic mass is 10.1. The second-order valence-corrected chi connectivity index (χ2v) is 6.50. The molecule has 0 atom stereocenters. The highest BCUT2D eigenvalue weighted by Crippen LogP contribution is 2.10. The van der Waals surface area contributed by atoms with Gasteiger partial charge in [-0.3, -0.25) is 0 Å². The maximum absolute atomic E-state index is 10.3. The molecule has 2 nitrogen and oxygen atoms in total. The molecule has 0 aliphatic carbocycles. The molecule has 0 spiro atoms. The van der Waals surface area contributed by atoms with E-state index in [4.69, 9.17) is 5.11 Å².